The molecule has 0 saturated carbocycles. The molecule has 0 amide bonds. The van der Waals surface area contributed by atoms with E-state index in [1.54, 1.807) is 0 Å². The topological polar surface area (TPSA) is 29.9 Å². The molecule has 0 radical (unpaired) electrons. The van der Waals surface area contributed by atoms with Gasteiger partial charge in [-0.25, -0.2) is 0 Å². The number of benzene rings is 1. The van der Waals surface area contributed by atoms with Crippen molar-refractivity contribution in [3.8, 4) is 0 Å². The zero-order valence-corrected chi connectivity index (χ0v) is 11.8. The Labute approximate surface area is 115 Å². The Bertz CT molecular complexity index is 476. The fraction of sp³-hybridized carbons (Fsp3) is 0.438. The van der Waals surface area contributed by atoms with E-state index in [2.05, 4.69) is 53.9 Å². The van der Waals surface area contributed by atoms with E-state index < -0.39 is 0 Å². The fourth-order valence-corrected chi connectivity index (χ4v) is 2.41. The molecule has 0 saturated heterocycles. The zero-order valence-electron chi connectivity index (χ0n) is 11.8. The summed E-state index contributed by atoms with van der Waals surface area (Å²) >= 11 is 0. The van der Waals surface area contributed by atoms with Crippen LogP contribution in [0.3, 0.4) is 0 Å². The molecule has 1 heterocycles. The molecule has 1 atom stereocenters. The highest BCUT2D eigenvalue weighted by Gasteiger charge is 2.11. The molecule has 0 aliphatic rings. The summed E-state index contributed by atoms with van der Waals surface area (Å²) in [6.07, 6.45) is 7.56. The van der Waals surface area contributed by atoms with E-state index in [9.17, 15) is 0 Å². The second kappa shape index (κ2) is 7.10. The van der Waals surface area contributed by atoms with Crippen LogP contribution in [-0.4, -0.2) is 16.3 Å². The molecule has 0 bridgehead atoms. The first-order valence-electron chi connectivity index (χ1n) is 7.05. The summed E-state index contributed by atoms with van der Waals surface area (Å²) in [5, 5.41) is 7.81. The highest BCUT2D eigenvalue weighted by atomic mass is 15.2. The average Bonchev–Trinajstić information content (AvgIpc) is 2.86. The number of rotatable bonds is 7. The maximum Gasteiger partial charge on any atom is 0.0537 e. The first kappa shape index (κ1) is 13.8. The van der Waals surface area contributed by atoms with Gasteiger partial charge in [0, 0.05) is 24.8 Å². The molecule has 1 aromatic heterocycles. The highest BCUT2D eigenvalue weighted by Crippen LogP contribution is 2.19. The van der Waals surface area contributed by atoms with Gasteiger partial charge in [0.1, 0.15) is 0 Å². The van der Waals surface area contributed by atoms with Gasteiger partial charge in [-0.3, -0.25) is 4.68 Å². The lowest BCUT2D eigenvalue weighted by molar-refractivity contribution is 0.498. The van der Waals surface area contributed by atoms with Gasteiger partial charge in [0.15, 0.2) is 0 Å². The number of nitrogens with one attached hydrogen (secondary N) is 1. The van der Waals surface area contributed by atoms with E-state index >= 15 is 0 Å². The molecule has 1 unspecified atom stereocenters. The van der Waals surface area contributed by atoms with Gasteiger partial charge in [0.05, 0.1) is 6.20 Å². The Morgan fingerprint density at radius 2 is 2.05 bits per heavy atom. The van der Waals surface area contributed by atoms with Crippen molar-refractivity contribution in [3.63, 3.8) is 0 Å². The van der Waals surface area contributed by atoms with Crippen molar-refractivity contribution in [2.45, 2.75) is 32.2 Å². The van der Waals surface area contributed by atoms with Crippen molar-refractivity contribution in [2.24, 2.45) is 7.05 Å². The Kier molecular flexibility index (Phi) is 5.16. The van der Waals surface area contributed by atoms with Gasteiger partial charge in [-0.05, 0) is 31.4 Å². The third-order valence-corrected chi connectivity index (χ3v) is 3.38. The summed E-state index contributed by atoms with van der Waals surface area (Å²) in [7, 11) is 1.97. The van der Waals surface area contributed by atoms with E-state index in [0.29, 0.717) is 6.04 Å². The molecule has 1 aromatic carbocycles. The van der Waals surface area contributed by atoms with E-state index in [1.165, 1.54) is 17.5 Å². The van der Waals surface area contributed by atoms with Gasteiger partial charge >= 0.3 is 0 Å². The van der Waals surface area contributed by atoms with E-state index in [4.69, 9.17) is 0 Å². The minimum absolute atomic E-state index is 0.419. The Morgan fingerprint density at radius 3 is 2.68 bits per heavy atom. The van der Waals surface area contributed by atoms with Crippen LogP contribution in [0.15, 0.2) is 42.7 Å². The highest BCUT2D eigenvalue weighted by molar-refractivity contribution is 5.15. The van der Waals surface area contributed by atoms with Crippen LogP contribution in [0.25, 0.3) is 0 Å². The van der Waals surface area contributed by atoms with Gasteiger partial charge in [-0.2, -0.15) is 5.10 Å². The van der Waals surface area contributed by atoms with Crippen molar-refractivity contribution < 1.29 is 0 Å². The Morgan fingerprint density at radius 1 is 1.26 bits per heavy atom. The van der Waals surface area contributed by atoms with Gasteiger partial charge in [-0.15, -0.1) is 0 Å². The molecule has 2 rings (SSSR count). The van der Waals surface area contributed by atoms with Gasteiger partial charge in [0.2, 0.25) is 0 Å². The summed E-state index contributed by atoms with van der Waals surface area (Å²) in [4.78, 5) is 0. The first-order valence-corrected chi connectivity index (χ1v) is 7.05. The van der Waals surface area contributed by atoms with Crippen LogP contribution >= 0.6 is 0 Å². The molecule has 0 aliphatic carbocycles. The molecule has 0 fully saturated rings. The average molecular weight is 257 g/mol. The SMILES string of the molecule is CCNC(CCCc1ccccc1)c1cnn(C)c1. The molecule has 0 spiro atoms. The van der Waals surface area contributed by atoms with Gasteiger partial charge in [0.25, 0.3) is 0 Å². The van der Waals surface area contributed by atoms with Crippen LogP contribution in [0.4, 0.5) is 0 Å². The molecule has 102 valence electrons. The lowest BCUT2D eigenvalue weighted by Crippen LogP contribution is -2.20. The lowest BCUT2D eigenvalue weighted by Gasteiger charge is -2.16. The van der Waals surface area contributed by atoms with Crippen LogP contribution in [0.1, 0.15) is 36.9 Å². The number of nitrogens with zero attached hydrogens (tertiary/aromatic N) is 2. The van der Waals surface area contributed by atoms with Crippen LogP contribution in [0.2, 0.25) is 0 Å². The standard InChI is InChI=1S/C16H23N3/c1-3-17-16(15-12-18-19(2)13-15)11-7-10-14-8-5-4-6-9-14/h4-6,8-9,12-13,16-17H,3,7,10-11H2,1-2H3. The molecule has 2 aromatic rings. The number of hydrogen-bond acceptors (Lipinski definition) is 2. The van der Waals surface area contributed by atoms with Crippen molar-refractivity contribution in [1.82, 2.24) is 15.1 Å². The van der Waals surface area contributed by atoms with Crippen LogP contribution in [0, 0.1) is 0 Å². The zero-order chi connectivity index (χ0) is 13.5. The van der Waals surface area contributed by atoms with Gasteiger partial charge in [-0.1, -0.05) is 37.3 Å². The Balaban J connectivity index is 1.87. The predicted octanol–water partition coefficient (Wildman–Crippen LogP) is 3.09. The number of aromatic nitrogens is 2. The van der Waals surface area contributed by atoms with Crippen molar-refractivity contribution >= 4 is 0 Å². The minimum atomic E-state index is 0.419. The molecule has 3 heteroatoms. The van der Waals surface area contributed by atoms with E-state index in [-0.39, 0.29) is 0 Å². The molecule has 0 aliphatic heterocycles. The minimum Gasteiger partial charge on any atom is -0.310 e. The van der Waals surface area contributed by atoms with Crippen molar-refractivity contribution in [3.05, 3.63) is 53.9 Å². The third-order valence-electron chi connectivity index (χ3n) is 3.38. The Hall–Kier alpha value is -1.61. The summed E-state index contributed by atoms with van der Waals surface area (Å²) in [5.41, 5.74) is 2.71. The summed E-state index contributed by atoms with van der Waals surface area (Å²) in [6, 6.07) is 11.1. The number of hydrogen-bond donors (Lipinski definition) is 1. The quantitative estimate of drug-likeness (QED) is 0.826. The normalized spacial score (nSPS) is 12.5. The largest absolute Gasteiger partial charge is 0.310 e. The maximum absolute atomic E-state index is 4.26. The summed E-state index contributed by atoms with van der Waals surface area (Å²) in [5.74, 6) is 0. The van der Waals surface area contributed by atoms with Crippen LogP contribution in [-0.2, 0) is 13.5 Å². The number of aryl methyl sites for hydroxylation is 2. The molecular formula is C16H23N3. The molecule has 19 heavy (non-hydrogen) atoms. The lowest BCUT2D eigenvalue weighted by atomic mass is 10.0. The van der Waals surface area contributed by atoms with Crippen LogP contribution < -0.4 is 5.32 Å². The predicted molar refractivity (Wildman–Crippen MR) is 79.0 cm³/mol. The van der Waals surface area contributed by atoms with Crippen molar-refractivity contribution in [2.75, 3.05) is 6.54 Å². The van der Waals surface area contributed by atoms with E-state index in [0.717, 1.165) is 19.4 Å². The first-order chi connectivity index (χ1) is 9.29. The summed E-state index contributed by atoms with van der Waals surface area (Å²) < 4.78 is 1.87. The summed E-state index contributed by atoms with van der Waals surface area (Å²) in [6.45, 7) is 3.14. The second-order valence-electron chi connectivity index (χ2n) is 4.94. The monoisotopic (exact) mass is 257 g/mol. The molecular weight excluding hydrogens is 234 g/mol. The van der Waals surface area contributed by atoms with Gasteiger partial charge < -0.3 is 5.32 Å². The van der Waals surface area contributed by atoms with Crippen molar-refractivity contribution in [1.29, 1.82) is 0 Å². The van der Waals surface area contributed by atoms with Crippen LogP contribution in [0.5, 0.6) is 0 Å². The molecule has 3 nitrogen and oxygen atoms in total. The fourth-order valence-electron chi connectivity index (χ4n) is 2.41. The smallest absolute Gasteiger partial charge is 0.0537 e. The third kappa shape index (κ3) is 4.21. The van der Waals surface area contributed by atoms with E-state index in [1.807, 2.05) is 17.9 Å². The molecule has 1 N–H and O–H groups in total. The second-order valence-corrected chi connectivity index (χ2v) is 4.94. The maximum atomic E-state index is 4.26.